The molecular formula is C27H36N2O2. The Hall–Kier alpha value is -3.14. The molecule has 0 heterocycles. The SMILES string of the molecule is CC/C=C\C/C=C\C/C=C\C/C=C\C/C=C\CCCC(=O)Nc1cccc(C(N)=O)c1. The van der Waals surface area contributed by atoms with E-state index in [1.807, 2.05) is 0 Å². The number of nitrogens with two attached hydrogens (primary N) is 1. The first-order valence-corrected chi connectivity index (χ1v) is 11.1. The standard InChI is InChI=1S/C27H36N2O2/c1-2-3-4-5-6-7-8-9-10-11-12-13-14-15-16-17-18-22-26(30)29-25-21-19-20-24(23-25)27(28)31/h3-4,6-7,9-10,12-13,15-16,19-21,23H,2,5,8,11,14,17-18,22H2,1H3,(H2,28,31)(H,29,30)/b4-3-,7-6-,10-9-,13-12-,16-15-. The van der Waals surface area contributed by atoms with Gasteiger partial charge < -0.3 is 11.1 Å². The molecule has 1 aromatic carbocycles. The van der Waals surface area contributed by atoms with E-state index in [0.717, 1.165) is 44.9 Å². The number of unbranched alkanes of at least 4 members (excludes halogenated alkanes) is 1. The molecule has 0 spiro atoms. The van der Waals surface area contributed by atoms with Crippen molar-refractivity contribution in [3.05, 3.63) is 90.6 Å². The average molecular weight is 421 g/mol. The van der Waals surface area contributed by atoms with Crippen LogP contribution >= 0.6 is 0 Å². The van der Waals surface area contributed by atoms with Crippen molar-refractivity contribution in [3.63, 3.8) is 0 Å². The molecule has 0 aliphatic rings. The highest BCUT2D eigenvalue weighted by Crippen LogP contribution is 2.11. The molecule has 0 atom stereocenters. The van der Waals surface area contributed by atoms with Crippen molar-refractivity contribution in [2.24, 2.45) is 5.73 Å². The molecule has 3 N–H and O–H groups in total. The molecule has 0 aliphatic heterocycles. The van der Waals surface area contributed by atoms with E-state index in [9.17, 15) is 9.59 Å². The van der Waals surface area contributed by atoms with Gasteiger partial charge in [-0.1, -0.05) is 73.8 Å². The van der Waals surface area contributed by atoms with Gasteiger partial charge in [0.25, 0.3) is 0 Å². The molecule has 0 fully saturated rings. The largest absolute Gasteiger partial charge is 0.366 e. The van der Waals surface area contributed by atoms with Gasteiger partial charge in [0.1, 0.15) is 0 Å². The Balaban J connectivity index is 2.07. The summed E-state index contributed by atoms with van der Waals surface area (Å²) < 4.78 is 0. The van der Waals surface area contributed by atoms with Crippen molar-refractivity contribution < 1.29 is 9.59 Å². The number of nitrogens with one attached hydrogen (secondary N) is 1. The lowest BCUT2D eigenvalue weighted by Gasteiger charge is -2.05. The van der Waals surface area contributed by atoms with E-state index in [-0.39, 0.29) is 5.91 Å². The highest BCUT2D eigenvalue weighted by Gasteiger charge is 2.04. The second-order valence-electron chi connectivity index (χ2n) is 7.09. The number of hydrogen-bond donors (Lipinski definition) is 2. The molecule has 1 rings (SSSR count). The van der Waals surface area contributed by atoms with E-state index >= 15 is 0 Å². The third kappa shape index (κ3) is 14.5. The van der Waals surface area contributed by atoms with E-state index in [1.54, 1.807) is 24.3 Å². The third-order valence-corrected chi connectivity index (χ3v) is 4.36. The summed E-state index contributed by atoms with van der Waals surface area (Å²) in [6, 6.07) is 6.66. The number of primary amides is 1. The van der Waals surface area contributed by atoms with Crippen LogP contribution in [-0.4, -0.2) is 11.8 Å². The fourth-order valence-electron chi connectivity index (χ4n) is 2.72. The van der Waals surface area contributed by atoms with Gasteiger partial charge in [0.05, 0.1) is 0 Å². The second-order valence-corrected chi connectivity index (χ2v) is 7.09. The maximum Gasteiger partial charge on any atom is 0.248 e. The summed E-state index contributed by atoms with van der Waals surface area (Å²) in [7, 11) is 0. The van der Waals surface area contributed by atoms with Crippen LogP contribution in [0.1, 0.15) is 68.6 Å². The highest BCUT2D eigenvalue weighted by atomic mass is 16.2. The maximum atomic E-state index is 12.0. The molecule has 166 valence electrons. The molecule has 1 aromatic rings. The zero-order chi connectivity index (χ0) is 22.6. The highest BCUT2D eigenvalue weighted by molar-refractivity contribution is 5.96. The van der Waals surface area contributed by atoms with Crippen LogP contribution in [0.4, 0.5) is 5.69 Å². The van der Waals surface area contributed by atoms with Crippen molar-refractivity contribution in [3.8, 4) is 0 Å². The summed E-state index contributed by atoms with van der Waals surface area (Å²) in [5.41, 5.74) is 6.23. The van der Waals surface area contributed by atoms with E-state index in [4.69, 9.17) is 5.73 Å². The summed E-state index contributed by atoms with van der Waals surface area (Å²) in [4.78, 5) is 23.2. The molecule has 0 saturated heterocycles. The minimum atomic E-state index is -0.505. The average Bonchev–Trinajstić information content (AvgIpc) is 2.76. The Morgan fingerprint density at radius 2 is 1.39 bits per heavy atom. The van der Waals surface area contributed by atoms with Crippen molar-refractivity contribution in [1.82, 2.24) is 0 Å². The maximum absolute atomic E-state index is 12.0. The molecule has 31 heavy (non-hydrogen) atoms. The number of carbonyl (C=O) groups excluding carboxylic acids is 2. The van der Waals surface area contributed by atoms with E-state index < -0.39 is 5.91 Å². The van der Waals surface area contributed by atoms with E-state index in [2.05, 4.69) is 73.0 Å². The lowest BCUT2D eigenvalue weighted by atomic mass is 10.1. The number of amides is 2. The minimum Gasteiger partial charge on any atom is -0.366 e. The Kier molecular flexibility index (Phi) is 14.8. The summed E-state index contributed by atoms with van der Waals surface area (Å²) in [6.07, 6.45) is 28.8. The van der Waals surface area contributed by atoms with Crippen LogP contribution in [-0.2, 0) is 4.79 Å². The fraction of sp³-hybridized carbons (Fsp3) is 0.333. The van der Waals surface area contributed by atoms with Crippen LogP contribution in [0.2, 0.25) is 0 Å². The first-order valence-electron chi connectivity index (χ1n) is 11.1. The first kappa shape index (κ1) is 25.9. The molecule has 0 bridgehead atoms. The van der Waals surface area contributed by atoms with Gasteiger partial charge in [0.15, 0.2) is 0 Å². The minimum absolute atomic E-state index is 0.0611. The summed E-state index contributed by atoms with van der Waals surface area (Å²) in [6.45, 7) is 2.14. The van der Waals surface area contributed by atoms with Crippen molar-refractivity contribution in [2.45, 2.75) is 58.3 Å². The number of anilines is 1. The summed E-state index contributed by atoms with van der Waals surface area (Å²) >= 11 is 0. The van der Waals surface area contributed by atoms with Gasteiger partial charge in [-0.3, -0.25) is 9.59 Å². The summed E-state index contributed by atoms with van der Waals surface area (Å²) in [5, 5.41) is 2.80. The zero-order valence-corrected chi connectivity index (χ0v) is 18.6. The normalized spacial score (nSPS) is 12.2. The molecule has 2 amide bonds. The van der Waals surface area contributed by atoms with Gasteiger partial charge in [-0.25, -0.2) is 0 Å². The quantitative estimate of drug-likeness (QED) is 0.246. The van der Waals surface area contributed by atoms with Crippen molar-refractivity contribution >= 4 is 17.5 Å². The Labute approximate surface area is 187 Å². The molecule has 0 radical (unpaired) electrons. The predicted molar refractivity (Wildman–Crippen MR) is 132 cm³/mol. The monoisotopic (exact) mass is 420 g/mol. The molecular weight excluding hydrogens is 384 g/mol. The second kappa shape index (κ2) is 17.7. The first-order chi connectivity index (χ1) is 15.1. The van der Waals surface area contributed by atoms with Gasteiger partial charge in [-0.2, -0.15) is 0 Å². The summed E-state index contributed by atoms with van der Waals surface area (Å²) in [5.74, 6) is -0.566. The Bertz CT molecular complexity index is 801. The number of allylic oxidation sites excluding steroid dienone is 10. The van der Waals surface area contributed by atoms with Crippen LogP contribution in [0.3, 0.4) is 0 Å². The number of hydrogen-bond acceptors (Lipinski definition) is 2. The van der Waals surface area contributed by atoms with Gasteiger partial charge in [0, 0.05) is 17.7 Å². The zero-order valence-electron chi connectivity index (χ0n) is 18.6. The number of carbonyl (C=O) groups is 2. The van der Waals surface area contributed by atoms with Crippen LogP contribution in [0, 0.1) is 0 Å². The van der Waals surface area contributed by atoms with Crippen LogP contribution in [0.15, 0.2) is 85.0 Å². The molecule has 0 aliphatic carbocycles. The topological polar surface area (TPSA) is 72.2 Å². The van der Waals surface area contributed by atoms with Gasteiger partial charge in [0.2, 0.25) is 11.8 Å². The van der Waals surface area contributed by atoms with Crippen LogP contribution in [0.5, 0.6) is 0 Å². The van der Waals surface area contributed by atoms with E-state index in [0.29, 0.717) is 17.7 Å². The number of rotatable bonds is 15. The third-order valence-electron chi connectivity index (χ3n) is 4.36. The predicted octanol–water partition coefficient (Wildman–Crippen LogP) is 6.65. The van der Waals surface area contributed by atoms with Gasteiger partial charge in [-0.15, -0.1) is 0 Å². The molecule has 4 heteroatoms. The molecule has 4 nitrogen and oxygen atoms in total. The van der Waals surface area contributed by atoms with Crippen LogP contribution in [0.25, 0.3) is 0 Å². The van der Waals surface area contributed by atoms with Crippen LogP contribution < -0.4 is 11.1 Å². The smallest absolute Gasteiger partial charge is 0.248 e. The van der Waals surface area contributed by atoms with E-state index in [1.165, 1.54) is 0 Å². The Morgan fingerprint density at radius 3 is 1.94 bits per heavy atom. The lowest BCUT2D eigenvalue weighted by Crippen LogP contribution is -2.14. The van der Waals surface area contributed by atoms with Gasteiger partial charge >= 0.3 is 0 Å². The molecule has 0 saturated carbocycles. The fourth-order valence-corrected chi connectivity index (χ4v) is 2.72. The van der Waals surface area contributed by atoms with Gasteiger partial charge in [-0.05, 0) is 63.1 Å². The number of benzene rings is 1. The Morgan fingerprint density at radius 1 is 0.839 bits per heavy atom. The van der Waals surface area contributed by atoms with Crippen molar-refractivity contribution in [2.75, 3.05) is 5.32 Å². The molecule has 0 aromatic heterocycles. The van der Waals surface area contributed by atoms with Crippen molar-refractivity contribution in [1.29, 1.82) is 0 Å². The molecule has 0 unspecified atom stereocenters. The lowest BCUT2D eigenvalue weighted by molar-refractivity contribution is -0.116.